The van der Waals surface area contributed by atoms with Crippen molar-refractivity contribution in [3.05, 3.63) is 65.2 Å². The highest BCUT2D eigenvalue weighted by Gasteiger charge is 2.06. The molecule has 0 amide bonds. The summed E-state index contributed by atoms with van der Waals surface area (Å²) in [4.78, 5) is 11.9. The van der Waals surface area contributed by atoms with Gasteiger partial charge in [-0.25, -0.2) is 4.79 Å². The molecule has 0 aromatic heterocycles. The molecule has 108 valence electrons. The van der Waals surface area contributed by atoms with Gasteiger partial charge in [-0.05, 0) is 48.7 Å². The van der Waals surface area contributed by atoms with Gasteiger partial charge in [0.05, 0.1) is 7.11 Å². The molecule has 0 fully saturated rings. The highest BCUT2D eigenvalue weighted by molar-refractivity contribution is 5.89. The molecular weight excluding hydrogens is 264 g/mol. The molecule has 0 aliphatic rings. The van der Waals surface area contributed by atoms with Crippen LogP contribution in [0, 0.1) is 13.8 Å². The Hall–Kier alpha value is -2.55. The number of para-hydroxylation sites is 1. The molecule has 0 spiro atoms. The molecule has 0 bridgehead atoms. The molecule has 3 heteroatoms. The molecule has 0 heterocycles. The highest BCUT2D eigenvalue weighted by atomic mass is 16.5. The number of benzene rings is 2. The summed E-state index contributed by atoms with van der Waals surface area (Å²) in [5, 5.41) is 0. The highest BCUT2D eigenvalue weighted by Crippen LogP contribution is 2.22. The van der Waals surface area contributed by atoms with Crippen LogP contribution in [0.15, 0.2) is 48.5 Å². The molecule has 3 nitrogen and oxygen atoms in total. The summed E-state index contributed by atoms with van der Waals surface area (Å²) in [6.45, 7) is 3.84. The second-order valence-electron chi connectivity index (χ2n) is 4.75. The van der Waals surface area contributed by atoms with E-state index in [4.69, 9.17) is 9.47 Å². The lowest BCUT2D eigenvalue weighted by molar-refractivity contribution is -0.129. The number of methoxy groups -OCH3 is 1. The molecule has 0 N–H and O–H groups in total. The molecule has 2 aromatic rings. The van der Waals surface area contributed by atoms with E-state index < -0.39 is 0 Å². The van der Waals surface area contributed by atoms with Crippen LogP contribution in [-0.4, -0.2) is 13.1 Å². The molecule has 0 radical (unpaired) electrons. The molecule has 2 aromatic carbocycles. The standard InChI is InChI=1S/C18H18O3/c1-13-5-4-6-14(2)18(13)21-17(19)12-9-15-7-10-16(20-3)11-8-15/h4-12H,1-3H3/b12-9+. The normalized spacial score (nSPS) is 10.6. The smallest absolute Gasteiger partial charge is 0.336 e. The zero-order chi connectivity index (χ0) is 15.2. The van der Waals surface area contributed by atoms with E-state index in [0.29, 0.717) is 5.75 Å². The fourth-order valence-electron chi connectivity index (χ4n) is 1.97. The quantitative estimate of drug-likeness (QED) is 0.484. The van der Waals surface area contributed by atoms with Crippen LogP contribution in [0.5, 0.6) is 11.5 Å². The van der Waals surface area contributed by atoms with Crippen molar-refractivity contribution in [2.45, 2.75) is 13.8 Å². The second-order valence-corrected chi connectivity index (χ2v) is 4.75. The summed E-state index contributed by atoms with van der Waals surface area (Å²) in [6, 6.07) is 13.2. The van der Waals surface area contributed by atoms with Gasteiger partial charge in [0.2, 0.25) is 0 Å². The second kappa shape index (κ2) is 6.75. The van der Waals surface area contributed by atoms with Crippen LogP contribution in [0.4, 0.5) is 0 Å². The third-order valence-electron chi connectivity index (χ3n) is 3.14. The maximum Gasteiger partial charge on any atom is 0.336 e. The third kappa shape index (κ3) is 3.96. The van der Waals surface area contributed by atoms with Gasteiger partial charge in [0.25, 0.3) is 0 Å². The summed E-state index contributed by atoms with van der Waals surface area (Å²) in [6.07, 6.45) is 3.14. The topological polar surface area (TPSA) is 35.5 Å². The molecule has 0 saturated carbocycles. The lowest BCUT2D eigenvalue weighted by Gasteiger charge is -2.08. The Kier molecular flexibility index (Phi) is 4.77. The number of hydrogen-bond donors (Lipinski definition) is 0. The summed E-state index contributed by atoms with van der Waals surface area (Å²) in [5.74, 6) is 1.02. The van der Waals surface area contributed by atoms with E-state index in [1.165, 1.54) is 6.08 Å². The van der Waals surface area contributed by atoms with E-state index in [0.717, 1.165) is 22.4 Å². The van der Waals surface area contributed by atoms with Crippen molar-refractivity contribution < 1.29 is 14.3 Å². The van der Waals surface area contributed by atoms with Crippen LogP contribution in [0.3, 0.4) is 0 Å². The van der Waals surface area contributed by atoms with Gasteiger partial charge in [0.15, 0.2) is 0 Å². The molecule has 0 saturated heterocycles. The number of carbonyl (C=O) groups is 1. The average Bonchev–Trinajstić information content (AvgIpc) is 2.49. The van der Waals surface area contributed by atoms with Gasteiger partial charge >= 0.3 is 5.97 Å². The van der Waals surface area contributed by atoms with Crippen molar-refractivity contribution in [3.8, 4) is 11.5 Å². The van der Waals surface area contributed by atoms with Crippen molar-refractivity contribution >= 4 is 12.0 Å². The van der Waals surface area contributed by atoms with Gasteiger partial charge in [-0.15, -0.1) is 0 Å². The van der Waals surface area contributed by atoms with Gasteiger partial charge in [-0.3, -0.25) is 0 Å². The lowest BCUT2D eigenvalue weighted by Crippen LogP contribution is -2.06. The Balaban J connectivity index is 2.05. The van der Waals surface area contributed by atoms with Crippen LogP contribution in [0.2, 0.25) is 0 Å². The van der Waals surface area contributed by atoms with Crippen molar-refractivity contribution in [2.24, 2.45) is 0 Å². The Morgan fingerprint density at radius 3 is 2.19 bits per heavy atom. The van der Waals surface area contributed by atoms with Gasteiger partial charge in [0.1, 0.15) is 11.5 Å². The molecular formula is C18H18O3. The first-order valence-electron chi connectivity index (χ1n) is 6.70. The first-order valence-corrected chi connectivity index (χ1v) is 6.70. The van der Waals surface area contributed by atoms with Crippen LogP contribution in [0.25, 0.3) is 6.08 Å². The van der Waals surface area contributed by atoms with E-state index in [1.807, 2.05) is 56.3 Å². The Bertz CT molecular complexity index is 634. The number of ether oxygens (including phenoxy) is 2. The summed E-state index contributed by atoms with van der Waals surface area (Å²) in [5.41, 5.74) is 2.80. The van der Waals surface area contributed by atoms with Crippen LogP contribution < -0.4 is 9.47 Å². The minimum absolute atomic E-state index is 0.386. The van der Waals surface area contributed by atoms with E-state index in [2.05, 4.69) is 0 Å². The summed E-state index contributed by atoms with van der Waals surface area (Å²) in [7, 11) is 1.62. The van der Waals surface area contributed by atoms with Crippen LogP contribution in [-0.2, 0) is 4.79 Å². The number of hydrogen-bond acceptors (Lipinski definition) is 3. The molecule has 21 heavy (non-hydrogen) atoms. The predicted molar refractivity (Wildman–Crippen MR) is 83.6 cm³/mol. The minimum Gasteiger partial charge on any atom is -0.497 e. The number of aryl methyl sites for hydroxylation is 2. The van der Waals surface area contributed by atoms with Gasteiger partial charge in [-0.2, -0.15) is 0 Å². The molecule has 0 unspecified atom stereocenters. The number of carbonyl (C=O) groups excluding carboxylic acids is 1. The number of rotatable bonds is 4. The van der Waals surface area contributed by atoms with Crippen molar-refractivity contribution in [1.82, 2.24) is 0 Å². The maximum atomic E-state index is 11.9. The molecule has 0 atom stereocenters. The maximum absolute atomic E-state index is 11.9. The fourth-order valence-corrected chi connectivity index (χ4v) is 1.97. The first-order chi connectivity index (χ1) is 10.1. The molecule has 0 aliphatic heterocycles. The molecule has 0 aliphatic carbocycles. The van der Waals surface area contributed by atoms with Crippen LogP contribution in [0.1, 0.15) is 16.7 Å². The third-order valence-corrected chi connectivity index (χ3v) is 3.14. The van der Waals surface area contributed by atoms with E-state index >= 15 is 0 Å². The zero-order valence-electron chi connectivity index (χ0n) is 12.4. The molecule has 2 rings (SSSR count). The summed E-state index contributed by atoms with van der Waals surface area (Å²) >= 11 is 0. The van der Waals surface area contributed by atoms with Crippen molar-refractivity contribution in [2.75, 3.05) is 7.11 Å². The predicted octanol–water partition coefficient (Wildman–Crippen LogP) is 3.93. The minimum atomic E-state index is -0.386. The Morgan fingerprint density at radius 2 is 1.62 bits per heavy atom. The van der Waals surface area contributed by atoms with E-state index in [1.54, 1.807) is 13.2 Å². The first kappa shape index (κ1) is 14.9. The van der Waals surface area contributed by atoms with Gasteiger partial charge < -0.3 is 9.47 Å². The zero-order valence-corrected chi connectivity index (χ0v) is 12.4. The average molecular weight is 282 g/mol. The Morgan fingerprint density at radius 1 is 1.00 bits per heavy atom. The van der Waals surface area contributed by atoms with E-state index in [9.17, 15) is 4.79 Å². The number of esters is 1. The largest absolute Gasteiger partial charge is 0.497 e. The Labute approximate surface area is 124 Å². The van der Waals surface area contributed by atoms with Crippen molar-refractivity contribution in [3.63, 3.8) is 0 Å². The fraction of sp³-hybridized carbons (Fsp3) is 0.167. The monoisotopic (exact) mass is 282 g/mol. The van der Waals surface area contributed by atoms with Gasteiger partial charge in [0, 0.05) is 6.08 Å². The van der Waals surface area contributed by atoms with Crippen LogP contribution >= 0.6 is 0 Å². The van der Waals surface area contributed by atoms with E-state index in [-0.39, 0.29) is 5.97 Å². The van der Waals surface area contributed by atoms with Crippen molar-refractivity contribution in [1.29, 1.82) is 0 Å². The summed E-state index contributed by atoms with van der Waals surface area (Å²) < 4.78 is 10.5. The van der Waals surface area contributed by atoms with Gasteiger partial charge in [-0.1, -0.05) is 30.3 Å². The lowest BCUT2D eigenvalue weighted by atomic mass is 10.1. The SMILES string of the molecule is COc1ccc(/C=C/C(=O)Oc2c(C)cccc2C)cc1.